The lowest BCUT2D eigenvalue weighted by Crippen LogP contribution is -2.17. The molecule has 0 radical (unpaired) electrons. The van der Waals surface area contributed by atoms with Crippen molar-refractivity contribution in [2.45, 2.75) is 12.3 Å². The van der Waals surface area contributed by atoms with E-state index < -0.39 is 0 Å². The molecule has 1 aliphatic rings. The van der Waals surface area contributed by atoms with E-state index in [1.165, 1.54) is 18.2 Å². The van der Waals surface area contributed by atoms with Crippen LogP contribution in [0, 0.1) is 11.6 Å². The number of halogens is 2. The standard InChI is InChI=1S/C15H13F2N/c16-11-3-1-2-10(8-11)13-6-7-18-15-9-12(17)4-5-14(13)15/h1-5,8-9,13,18H,6-7H2. The van der Waals surface area contributed by atoms with Gasteiger partial charge in [-0.05, 0) is 41.8 Å². The first-order valence-corrected chi connectivity index (χ1v) is 6.03. The van der Waals surface area contributed by atoms with Crippen molar-refractivity contribution in [3.63, 3.8) is 0 Å². The maximum Gasteiger partial charge on any atom is 0.125 e. The molecule has 2 aromatic carbocycles. The Morgan fingerprint density at radius 3 is 2.67 bits per heavy atom. The van der Waals surface area contributed by atoms with Crippen LogP contribution in [0.2, 0.25) is 0 Å². The van der Waals surface area contributed by atoms with Crippen LogP contribution < -0.4 is 5.32 Å². The van der Waals surface area contributed by atoms with Crippen molar-refractivity contribution in [3.8, 4) is 0 Å². The lowest BCUT2D eigenvalue weighted by molar-refractivity contribution is 0.615. The molecule has 0 saturated heterocycles. The second kappa shape index (κ2) is 4.41. The highest BCUT2D eigenvalue weighted by atomic mass is 19.1. The summed E-state index contributed by atoms with van der Waals surface area (Å²) in [6.45, 7) is 0.775. The van der Waals surface area contributed by atoms with Crippen molar-refractivity contribution in [2.75, 3.05) is 11.9 Å². The molecule has 0 aliphatic carbocycles. The smallest absolute Gasteiger partial charge is 0.125 e. The Bertz CT molecular complexity index is 580. The Morgan fingerprint density at radius 2 is 1.83 bits per heavy atom. The second-order valence-corrected chi connectivity index (χ2v) is 4.55. The van der Waals surface area contributed by atoms with Crippen LogP contribution in [0.5, 0.6) is 0 Å². The fourth-order valence-corrected chi connectivity index (χ4v) is 2.56. The van der Waals surface area contributed by atoms with E-state index in [1.54, 1.807) is 18.2 Å². The van der Waals surface area contributed by atoms with Gasteiger partial charge in [-0.3, -0.25) is 0 Å². The third-order valence-electron chi connectivity index (χ3n) is 3.39. The van der Waals surface area contributed by atoms with Crippen molar-refractivity contribution in [2.24, 2.45) is 0 Å². The molecule has 2 aromatic rings. The largest absolute Gasteiger partial charge is 0.385 e. The zero-order chi connectivity index (χ0) is 12.5. The van der Waals surface area contributed by atoms with Gasteiger partial charge >= 0.3 is 0 Å². The molecule has 1 unspecified atom stereocenters. The number of rotatable bonds is 1. The minimum atomic E-state index is -0.249. The van der Waals surface area contributed by atoms with Crippen LogP contribution in [0.4, 0.5) is 14.5 Å². The molecule has 0 fully saturated rings. The lowest BCUT2D eigenvalue weighted by atomic mass is 9.85. The van der Waals surface area contributed by atoms with Crippen LogP contribution in [0.15, 0.2) is 42.5 Å². The second-order valence-electron chi connectivity index (χ2n) is 4.55. The first-order valence-electron chi connectivity index (χ1n) is 6.03. The zero-order valence-corrected chi connectivity index (χ0v) is 9.79. The Hall–Kier alpha value is -1.90. The molecule has 1 atom stereocenters. The van der Waals surface area contributed by atoms with Crippen molar-refractivity contribution < 1.29 is 8.78 Å². The predicted octanol–water partition coefficient (Wildman–Crippen LogP) is 3.91. The van der Waals surface area contributed by atoms with Crippen LogP contribution in [0.25, 0.3) is 0 Å². The van der Waals surface area contributed by atoms with Gasteiger partial charge in [0.1, 0.15) is 11.6 Å². The molecule has 92 valence electrons. The molecule has 0 bridgehead atoms. The van der Waals surface area contributed by atoms with E-state index in [0.29, 0.717) is 0 Å². The zero-order valence-electron chi connectivity index (χ0n) is 9.79. The highest BCUT2D eigenvalue weighted by Crippen LogP contribution is 2.36. The number of hydrogen-bond acceptors (Lipinski definition) is 1. The van der Waals surface area contributed by atoms with Gasteiger partial charge in [0.2, 0.25) is 0 Å². The first kappa shape index (κ1) is 11.2. The van der Waals surface area contributed by atoms with Gasteiger partial charge in [0.25, 0.3) is 0 Å². The van der Waals surface area contributed by atoms with Gasteiger partial charge in [0.15, 0.2) is 0 Å². The lowest BCUT2D eigenvalue weighted by Gasteiger charge is -2.27. The molecule has 1 heterocycles. The predicted molar refractivity (Wildman–Crippen MR) is 67.7 cm³/mol. The maximum atomic E-state index is 13.3. The average Bonchev–Trinajstić information content (AvgIpc) is 2.37. The summed E-state index contributed by atoms with van der Waals surface area (Å²) in [6, 6.07) is 11.4. The van der Waals surface area contributed by atoms with Crippen LogP contribution in [0.3, 0.4) is 0 Å². The summed E-state index contributed by atoms with van der Waals surface area (Å²) in [4.78, 5) is 0. The van der Waals surface area contributed by atoms with Crippen molar-refractivity contribution in [1.82, 2.24) is 0 Å². The van der Waals surface area contributed by atoms with E-state index >= 15 is 0 Å². The summed E-state index contributed by atoms with van der Waals surface area (Å²) in [5.74, 6) is -0.339. The Kier molecular flexibility index (Phi) is 2.74. The van der Waals surface area contributed by atoms with Crippen LogP contribution in [0.1, 0.15) is 23.5 Å². The summed E-state index contributed by atoms with van der Waals surface area (Å²) in [5, 5.41) is 3.18. The normalized spacial score (nSPS) is 18.0. The minimum Gasteiger partial charge on any atom is -0.385 e. The highest BCUT2D eigenvalue weighted by molar-refractivity contribution is 5.57. The third-order valence-corrected chi connectivity index (χ3v) is 3.39. The van der Waals surface area contributed by atoms with E-state index in [1.807, 2.05) is 6.07 Å². The summed E-state index contributed by atoms with van der Waals surface area (Å²) in [5.41, 5.74) is 2.80. The number of nitrogens with one attached hydrogen (secondary N) is 1. The number of anilines is 1. The molecule has 1 N–H and O–H groups in total. The van der Waals surface area contributed by atoms with E-state index in [4.69, 9.17) is 0 Å². The summed E-state index contributed by atoms with van der Waals surface area (Å²) < 4.78 is 26.5. The summed E-state index contributed by atoms with van der Waals surface area (Å²) in [6.07, 6.45) is 0.891. The van der Waals surface area contributed by atoms with Gasteiger partial charge in [-0.25, -0.2) is 8.78 Å². The van der Waals surface area contributed by atoms with E-state index in [-0.39, 0.29) is 17.6 Å². The fourth-order valence-electron chi connectivity index (χ4n) is 2.56. The van der Waals surface area contributed by atoms with Gasteiger partial charge in [-0.1, -0.05) is 18.2 Å². The minimum absolute atomic E-state index is 0.137. The Morgan fingerprint density at radius 1 is 1.00 bits per heavy atom. The van der Waals surface area contributed by atoms with Gasteiger partial charge in [-0.15, -0.1) is 0 Å². The topological polar surface area (TPSA) is 12.0 Å². The number of benzene rings is 2. The number of hydrogen-bond donors (Lipinski definition) is 1. The Labute approximate surface area is 104 Å². The average molecular weight is 245 g/mol. The van der Waals surface area contributed by atoms with Gasteiger partial charge in [0.05, 0.1) is 0 Å². The van der Waals surface area contributed by atoms with Crippen molar-refractivity contribution >= 4 is 5.69 Å². The molecule has 0 amide bonds. The molecule has 3 rings (SSSR count). The number of fused-ring (bicyclic) bond motifs is 1. The molecule has 0 saturated carbocycles. The monoisotopic (exact) mass is 245 g/mol. The summed E-state index contributed by atoms with van der Waals surface area (Å²) in [7, 11) is 0. The van der Waals surface area contributed by atoms with Gasteiger partial charge in [0, 0.05) is 18.2 Å². The quantitative estimate of drug-likeness (QED) is 0.803. The molecular weight excluding hydrogens is 232 g/mol. The van der Waals surface area contributed by atoms with Crippen molar-refractivity contribution in [1.29, 1.82) is 0 Å². The van der Waals surface area contributed by atoms with E-state index in [2.05, 4.69) is 5.32 Å². The Balaban J connectivity index is 2.06. The van der Waals surface area contributed by atoms with Crippen LogP contribution in [-0.4, -0.2) is 6.54 Å². The molecule has 1 aliphatic heterocycles. The van der Waals surface area contributed by atoms with Crippen LogP contribution in [-0.2, 0) is 0 Å². The molecular formula is C15H13F2N. The van der Waals surface area contributed by atoms with E-state index in [9.17, 15) is 8.78 Å². The van der Waals surface area contributed by atoms with Gasteiger partial charge < -0.3 is 5.32 Å². The van der Waals surface area contributed by atoms with Crippen LogP contribution >= 0.6 is 0 Å². The molecule has 0 spiro atoms. The third kappa shape index (κ3) is 1.96. The summed E-state index contributed by atoms with van der Waals surface area (Å²) >= 11 is 0. The SMILES string of the molecule is Fc1cccc(C2CCNc3cc(F)ccc32)c1. The highest BCUT2D eigenvalue weighted by Gasteiger charge is 2.22. The molecule has 18 heavy (non-hydrogen) atoms. The molecule has 1 nitrogen and oxygen atoms in total. The molecule has 0 aromatic heterocycles. The fraction of sp³-hybridized carbons (Fsp3) is 0.200. The first-order chi connectivity index (χ1) is 8.74. The van der Waals surface area contributed by atoms with E-state index in [0.717, 1.165) is 29.8 Å². The maximum absolute atomic E-state index is 13.3. The van der Waals surface area contributed by atoms with Crippen molar-refractivity contribution in [3.05, 3.63) is 65.2 Å². The molecule has 3 heteroatoms. The van der Waals surface area contributed by atoms with Gasteiger partial charge in [-0.2, -0.15) is 0 Å².